The molecule has 0 bridgehead atoms. The molecule has 8 heteroatoms. The molecule has 4 N–H and O–H groups in total. The molecule has 0 unspecified atom stereocenters. The Balaban J connectivity index is 1.37. The molecule has 0 atom stereocenters. The fourth-order valence-electron chi connectivity index (χ4n) is 4.61. The Hall–Kier alpha value is -2.72. The molecule has 0 saturated carbocycles. The number of benzene rings is 2. The zero-order chi connectivity index (χ0) is 28.5. The number of rotatable bonds is 15. The highest BCUT2D eigenvalue weighted by atomic mass is 32.1. The van der Waals surface area contributed by atoms with E-state index in [4.69, 9.17) is 19.7 Å². The lowest BCUT2D eigenvalue weighted by Crippen LogP contribution is -2.17. The summed E-state index contributed by atoms with van der Waals surface area (Å²) in [6.45, 7) is 12.5. The maximum atomic E-state index is 8.95. The third kappa shape index (κ3) is 7.72. The molecule has 2 aromatic carbocycles. The fraction of sp³-hybridized carbons (Fsp3) is 0.375. The molecule has 0 amide bonds. The fourth-order valence-corrected chi connectivity index (χ4v) is 6.56. The minimum Gasteiger partial charge on any atom is -0.488 e. The first kappa shape index (κ1) is 30.2. The minimum absolute atomic E-state index is 0.141. The largest absolute Gasteiger partial charge is 0.488 e. The van der Waals surface area contributed by atoms with Crippen LogP contribution in [-0.4, -0.2) is 36.5 Å². The first-order valence-electron chi connectivity index (χ1n) is 13.6. The lowest BCUT2D eigenvalue weighted by atomic mass is 10.0. The molecule has 0 saturated heterocycles. The van der Waals surface area contributed by atoms with Crippen molar-refractivity contribution in [1.29, 1.82) is 0 Å². The van der Waals surface area contributed by atoms with Crippen molar-refractivity contribution in [1.82, 2.24) is 10.6 Å². The second-order valence-corrected chi connectivity index (χ2v) is 11.9. The Kier molecular flexibility index (Phi) is 11.2. The smallest absolute Gasteiger partial charge is 0.123 e. The molecule has 0 radical (unpaired) electrons. The quantitative estimate of drug-likeness (QED) is 0.129. The molecular formula is C32H40N2O4S2. The molecule has 2 heterocycles. The van der Waals surface area contributed by atoms with Gasteiger partial charge in [-0.05, 0) is 95.1 Å². The van der Waals surface area contributed by atoms with E-state index < -0.39 is 0 Å². The van der Waals surface area contributed by atoms with Gasteiger partial charge in [-0.1, -0.05) is 24.3 Å². The Morgan fingerprint density at radius 3 is 1.45 bits per heavy atom. The number of aliphatic hydroxyl groups is 2. The van der Waals surface area contributed by atoms with Crippen LogP contribution in [0, 0.1) is 27.7 Å². The normalized spacial score (nSPS) is 11.2. The zero-order valence-corrected chi connectivity index (χ0v) is 25.4. The monoisotopic (exact) mass is 580 g/mol. The molecule has 0 aliphatic heterocycles. The summed E-state index contributed by atoms with van der Waals surface area (Å²) in [6, 6.07) is 12.5. The van der Waals surface area contributed by atoms with Crippen molar-refractivity contribution in [3.63, 3.8) is 0 Å². The first-order valence-corrected chi connectivity index (χ1v) is 15.4. The van der Waals surface area contributed by atoms with Crippen LogP contribution < -0.4 is 20.1 Å². The van der Waals surface area contributed by atoms with Gasteiger partial charge in [-0.3, -0.25) is 0 Å². The van der Waals surface area contributed by atoms with Gasteiger partial charge in [0.05, 0.1) is 13.2 Å². The molecule has 214 valence electrons. The first-order chi connectivity index (χ1) is 19.4. The number of hydrogen-bond acceptors (Lipinski definition) is 8. The lowest BCUT2D eigenvalue weighted by Gasteiger charge is -2.12. The number of ether oxygens (including phenoxy) is 2. The van der Waals surface area contributed by atoms with E-state index in [0.717, 1.165) is 35.7 Å². The van der Waals surface area contributed by atoms with Crippen LogP contribution in [0.1, 0.15) is 43.1 Å². The third-order valence-electron chi connectivity index (χ3n) is 7.00. The van der Waals surface area contributed by atoms with Crippen molar-refractivity contribution in [2.45, 2.75) is 54.0 Å². The number of nitrogens with one attached hydrogen (secondary N) is 2. The Bertz CT molecular complexity index is 1290. The topological polar surface area (TPSA) is 83.0 Å². The molecule has 0 spiro atoms. The van der Waals surface area contributed by atoms with Crippen molar-refractivity contribution in [2.75, 3.05) is 26.3 Å². The summed E-state index contributed by atoms with van der Waals surface area (Å²) in [6.07, 6.45) is 0. The van der Waals surface area contributed by atoms with Crippen molar-refractivity contribution >= 4 is 22.7 Å². The number of thiophene rings is 2. The van der Waals surface area contributed by atoms with Crippen LogP contribution in [0.4, 0.5) is 0 Å². The average molecular weight is 581 g/mol. The zero-order valence-electron chi connectivity index (χ0n) is 23.8. The van der Waals surface area contributed by atoms with Crippen LogP contribution >= 0.6 is 22.7 Å². The van der Waals surface area contributed by atoms with E-state index >= 15 is 0 Å². The van der Waals surface area contributed by atoms with Crippen molar-refractivity contribution in [3.05, 3.63) is 90.3 Å². The highest BCUT2D eigenvalue weighted by molar-refractivity contribution is 7.11. The summed E-state index contributed by atoms with van der Waals surface area (Å²) in [7, 11) is 0. The van der Waals surface area contributed by atoms with Crippen LogP contribution in [0.15, 0.2) is 47.2 Å². The Morgan fingerprint density at radius 1 is 0.650 bits per heavy atom. The molecule has 0 fully saturated rings. The number of hydrogen-bond donors (Lipinski definition) is 4. The Labute approximate surface area is 245 Å². The molecule has 4 aromatic rings. The van der Waals surface area contributed by atoms with Crippen LogP contribution in [0.3, 0.4) is 0 Å². The van der Waals surface area contributed by atoms with Gasteiger partial charge in [0, 0.05) is 35.9 Å². The predicted octanol–water partition coefficient (Wildman–Crippen LogP) is 6.03. The molecular weight excluding hydrogens is 540 g/mol. The highest BCUT2D eigenvalue weighted by Crippen LogP contribution is 2.38. The highest BCUT2D eigenvalue weighted by Gasteiger charge is 2.16. The van der Waals surface area contributed by atoms with Gasteiger partial charge < -0.3 is 30.3 Å². The minimum atomic E-state index is 0.141. The summed E-state index contributed by atoms with van der Waals surface area (Å²) in [5, 5.41) is 28.8. The number of aliphatic hydroxyl groups excluding tert-OH is 2. The Morgan fingerprint density at radius 2 is 1.07 bits per heavy atom. The van der Waals surface area contributed by atoms with Crippen LogP contribution in [-0.2, 0) is 26.3 Å². The van der Waals surface area contributed by atoms with Gasteiger partial charge in [-0.15, -0.1) is 22.7 Å². The summed E-state index contributed by atoms with van der Waals surface area (Å²) in [5.74, 6) is 1.80. The second-order valence-electron chi connectivity index (χ2n) is 9.97. The lowest BCUT2D eigenvalue weighted by molar-refractivity contribution is 0.291. The van der Waals surface area contributed by atoms with Gasteiger partial charge in [0.2, 0.25) is 0 Å². The standard InChI is InChI=1S/C32H40N2O4S2/c1-21-13-25(15-33-9-11-35)5-7-29(21)37-17-31-23(3)27(19-39-31)28-20-40-32(24(28)4)18-38-30-8-6-26(14-22(30)2)16-34-10-12-36/h5-8,13-14,19-20,33-36H,9-12,15-18H2,1-4H3. The van der Waals surface area contributed by atoms with E-state index in [2.05, 4.69) is 73.4 Å². The molecule has 2 aromatic heterocycles. The summed E-state index contributed by atoms with van der Waals surface area (Å²) >= 11 is 3.49. The van der Waals surface area contributed by atoms with E-state index in [0.29, 0.717) is 26.3 Å². The number of aryl methyl sites for hydroxylation is 2. The molecule has 0 aliphatic carbocycles. The van der Waals surface area contributed by atoms with E-state index in [1.54, 1.807) is 22.7 Å². The van der Waals surface area contributed by atoms with Crippen LogP contribution in [0.2, 0.25) is 0 Å². The predicted molar refractivity (Wildman–Crippen MR) is 166 cm³/mol. The van der Waals surface area contributed by atoms with Crippen LogP contribution in [0.25, 0.3) is 11.1 Å². The SMILES string of the molecule is Cc1cc(CNCCO)ccc1OCc1scc(-c2csc(COc3ccc(CNCCO)cc3C)c2C)c1C. The third-order valence-corrected chi connectivity index (χ3v) is 9.13. The molecule has 40 heavy (non-hydrogen) atoms. The molecule has 0 aliphatic rings. The molecule has 6 nitrogen and oxygen atoms in total. The van der Waals surface area contributed by atoms with Crippen molar-refractivity contribution < 1.29 is 19.7 Å². The van der Waals surface area contributed by atoms with Gasteiger partial charge in [-0.25, -0.2) is 0 Å². The maximum Gasteiger partial charge on any atom is 0.123 e. The van der Waals surface area contributed by atoms with Crippen molar-refractivity contribution in [2.24, 2.45) is 0 Å². The van der Waals surface area contributed by atoms with Gasteiger partial charge >= 0.3 is 0 Å². The summed E-state index contributed by atoms with van der Waals surface area (Å²) in [5.41, 5.74) is 9.64. The molecule has 4 rings (SSSR count). The van der Waals surface area contributed by atoms with E-state index in [9.17, 15) is 0 Å². The summed E-state index contributed by atoms with van der Waals surface area (Å²) in [4.78, 5) is 2.46. The average Bonchev–Trinajstić information content (AvgIpc) is 3.49. The van der Waals surface area contributed by atoms with Gasteiger partial charge in [0.1, 0.15) is 24.7 Å². The van der Waals surface area contributed by atoms with Gasteiger partial charge in [0.25, 0.3) is 0 Å². The van der Waals surface area contributed by atoms with E-state index in [1.165, 1.54) is 43.1 Å². The van der Waals surface area contributed by atoms with Gasteiger partial charge in [-0.2, -0.15) is 0 Å². The van der Waals surface area contributed by atoms with E-state index in [1.807, 2.05) is 12.1 Å². The van der Waals surface area contributed by atoms with Crippen molar-refractivity contribution in [3.8, 4) is 22.6 Å². The van der Waals surface area contributed by atoms with Crippen LogP contribution in [0.5, 0.6) is 11.5 Å². The van der Waals surface area contributed by atoms with E-state index in [-0.39, 0.29) is 13.2 Å². The maximum absolute atomic E-state index is 8.95. The second kappa shape index (κ2) is 14.8. The van der Waals surface area contributed by atoms with Gasteiger partial charge in [0.15, 0.2) is 0 Å². The summed E-state index contributed by atoms with van der Waals surface area (Å²) < 4.78 is 12.4.